The van der Waals surface area contributed by atoms with Crippen LogP contribution in [0.4, 0.5) is 5.69 Å². The third kappa shape index (κ3) is 3.22. The highest BCUT2D eigenvalue weighted by Gasteiger charge is 2.05. The van der Waals surface area contributed by atoms with Gasteiger partial charge in [-0.05, 0) is 41.5 Å². The van der Waals surface area contributed by atoms with Gasteiger partial charge in [0.1, 0.15) is 0 Å². The fraction of sp³-hybridized carbons (Fsp3) is 0. The molecule has 0 aromatic heterocycles. The maximum Gasteiger partial charge on any atom is 0.269 e. The molecule has 2 rings (SSSR count). The lowest BCUT2D eigenvalue weighted by Gasteiger charge is -2.00. The number of hydrogen-bond donors (Lipinski definition) is 0. The first-order chi connectivity index (χ1) is 9.60. The Labute approximate surface area is 120 Å². The van der Waals surface area contributed by atoms with Gasteiger partial charge in [0.05, 0.1) is 16.6 Å². The molecule has 0 aliphatic heterocycles. The number of hydrogen-bond acceptors (Lipinski definition) is 3. The van der Waals surface area contributed by atoms with Crippen molar-refractivity contribution >= 4 is 28.9 Å². The molecule has 0 N–H and O–H groups in total. The molecule has 0 unspecified atom stereocenters. The van der Waals surface area contributed by atoms with E-state index >= 15 is 0 Å². The number of nitriles is 1. The maximum absolute atomic E-state index is 10.6. The van der Waals surface area contributed by atoms with Crippen LogP contribution in [0.1, 0.15) is 11.1 Å². The predicted molar refractivity (Wildman–Crippen MR) is 78.0 cm³/mol. The van der Waals surface area contributed by atoms with Crippen molar-refractivity contribution in [1.82, 2.24) is 0 Å². The number of halogens is 1. The summed E-state index contributed by atoms with van der Waals surface area (Å²) in [7, 11) is 0. The van der Waals surface area contributed by atoms with Crippen LogP contribution < -0.4 is 0 Å². The Hall–Kier alpha value is -2.64. The van der Waals surface area contributed by atoms with Gasteiger partial charge in [0.15, 0.2) is 0 Å². The van der Waals surface area contributed by atoms with Crippen molar-refractivity contribution in [2.45, 2.75) is 0 Å². The van der Waals surface area contributed by atoms with Crippen LogP contribution in [0.5, 0.6) is 0 Å². The van der Waals surface area contributed by atoms with E-state index in [1.54, 1.807) is 42.5 Å². The normalized spacial score (nSPS) is 10.9. The summed E-state index contributed by atoms with van der Waals surface area (Å²) >= 11 is 5.80. The molecule has 0 saturated heterocycles. The Morgan fingerprint density at radius 2 is 1.75 bits per heavy atom. The summed E-state index contributed by atoms with van der Waals surface area (Å²) in [5, 5.41) is 20.4. The minimum Gasteiger partial charge on any atom is -0.258 e. The Bertz CT molecular complexity index is 698. The summed E-state index contributed by atoms with van der Waals surface area (Å²) in [6, 6.07) is 15.0. The number of benzene rings is 2. The van der Waals surface area contributed by atoms with E-state index in [4.69, 9.17) is 11.6 Å². The molecular formula is C15H9ClN2O2. The molecule has 0 bridgehead atoms. The fourth-order valence-corrected chi connectivity index (χ4v) is 1.79. The zero-order valence-electron chi connectivity index (χ0n) is 10.3. The lowest BCUT2D eigenvalue weighted by atomic mass is 10.0. The van der Waals surface area contributed by atoms with Gasteiger partial charge < -0.3 is 0 Å². The number of nitro groups is 1. The standard InChI is InChI=1S/C15H9ClN2O2/c16-14-5-3-12(4-6-14)13(10-17)9-11-1-7-15(8-2-11)18(19)20/h1-9H/b13-9-. The first kappa shape index (κ1) is 13.8. The lowest BCUT2D eigenvalue weighted by molar-refractivity contribution is -0.384. The monoisotopic (exact) mass is 284 g/mol. The third-order valence-electron chi connectivity index (χ3n) is 2.69. The van der Waals surface area contributed by atoms with Gasteiger partial charge in [-0.25, -0.2) is 0 Å². The van der Waals surface area contributed by atoms with Crippen molar-refractivity contribution in [3.63, 3.8) is 0 Å². The first-order valence-corrected chi connectivity index (χ1v) is 6.10. The van der Waals surface area contributed by atoms with Crippen molar-refractivity contribution in [2.24, 2.45) is 0 Å². The van der Waals surface area contributed by atoms with E-state index < -0.39 is 4.92 Å². The molecule has 20 heavy (non-hydrogen) atoms. The van der Waals surface area contributed by atoms with Gasteiger partial charge in [-0.3, -0.25) is 10.1 Å². The summed E-state index contributed by atoms with van der Waals surface area (Å²) in [5.74, 6) is 0. The summed E-state index contributed by atoms with van der Waals surface area (Å²) in [6.45, 7) is 0. The van der Waals surface area contributed by atoms with Gasteiger partial charge in [0.2, 0.25) is 0 Å². The number of rotatable bonds is 3. The van der Waals surface area contributed by atoms with Gasteiger partial charge in [0.25, 0.3) is 5.69 Å². The Morgan fingerprint density at radius 1 is 1.15 bits per heavy atom. The van der Waals surface area contributed by atoms with Gasteiger partial charge >= 0.3 is 0 Å². The molecule has 2 aromatic rings. The van der Waals surface area contributed by atoms with E-state index in [1.165, 1.54) is 12.1 Å². The lowest BCUT2D eigenvalue weighted by Crippen LogP contribution is -1.87. The van der Waals surface area contributed by atoms with Crippen LogP contribution in [0.3, 0.4) is 0 Å². The second-order valence-corrected chi connectivity index (χ2v) is 4.46. The highest BCUT2D eigenvalue weighted by molar-refractivity contribution is 6.30. The van der Waals surface area contributed by atoms with E-state index in [9.17, 15) is 15.4 Å². The van der Waals surface area contributed by atoms with Crippen molar-refractivity contribution < 1.29 is 4.92 Å². The van der Waals surface area contributed by atoms with E-state index in [1.807, 2.05) is 0 Å². The van der Waals surface area contributed by atoms with Crippen LogP contribution in [0.15, 0.2) is 48.5 Å². The van der Waals surface area contributed by atoms with Gasteiger partial charge in [-0.15, -0.1) is 0 Å². The molecule has 5 heteroatoms. The number of allylic oxidation sites excluding steroid dienone is 1. The molecule has 0 aliphatic rings. The Kier molecular flexibility index (Phi) is 4.14. The Morgan fingerprint density at radius 3 is 2.25 bits per heavy atom. The summed E-state index contributed by atoms with van der Waals surface area (Å²) < 4.78 is 0. The number of nitro benzene ring substituents is 1. The Balaban J connectivity index is 2.34. The van der Waals surface area contributed by atoms with Crippen molar-refractivity contribution in [3.8, 4) is 6.07 Å². The van der Waals surface area contributed by atoms with Gasteiger partial charge in [0, 0.05) is 17.2 Å². The second-order valence-electron chi connectivity index (χ2n) is 4.03. The van der Waals surface area contributed by atoms with E-state index in [0.717, 1.165) is 11.1 Å². The van der Waals surface area contributed by atoms with E-state index in [0.29, 0.717) is 10.6 Å². The minimum absolute atomic E-state index is 0.0205. The zero-order valence-corrected chi connectivity index (χ0v) is 11.0. The van der Waals surface area contributed by atoms with E-state index in [-0.39, 0.29) is 5.69 Å². The number of nitrogens with zero attached hydrogens (tertiary/aromatic N) is 2. The average molecular weight is 285 g/mol. The third-order valence-corrected chi connectivity index (χ3v) is 2.94. The predicted octanol–water partition coefficient (Wildman–Crippen LogP) is 4.31. The van der Waals surface area contributed by atoms with Crippen LogP contribution in [-0.2, 0) is 0 Å². The molecule has 0 radical (unpaired) electrons. The molecule has 0 saturated carbocycles. The van der Waals surface area contributed by atoms with Crippen LogP contribution in [-0.4, -0.2) is 4.92 Å². The fourth-order valence-electron chi connectivity index (χ4n) is 1.67. The molecule has 0 heterocycles. The van der Waals surface area contributed by atoms with Crippen LogP contribution in [0, 0.1) is 21.4 Å². The molecule has 2 aromatic carbocycles. The van der Waals surface area contributed by atoms with Crippen LogP contribution >= 0.6 is 11.6 Å². The molecule has 0 fully saturated rings. The SMILES string of the molecule is N#C/C(=C/c1ccc([N+](=O)[O-])cc1)c1ccc(Cl)cc1. The molecule has 0 amide bonds. The first-order valence-electron chi connectivity index (χ1n) is 5.72. The van der Waals surface area contributed by atoms with Crippen LogP contribution in [0.25, 0.3) is 11.6 Å². The smallest absolute Gasteiger partial charge is 0.258 e. The average Bonchev–Trinajstić information content (AvgIpc) is 2.46. The molecule has 0 atom stereocenters. The summed E-state index contributed by atoms with van der Waals surface area (Å²) in [6.07, 6.45) is 1.67. The van der Waals surface area contributed by atoms with Crippen molar-refractivity contribution in [3.05, 3.63) is 74.8 Å². The minimum atomic E-state index is -0.460. The van der Waals surface area contributed by atoms with Crippen molar-refractivity contribution in [2.75, 3.05) is 0 Å². The highest BCUT2D eigenvalue weighted by Crippen LogP contribution is 2.21. The zero-order chi connectivity index (χ0) is 14.5. The highest BCUT2D eigenvalue weighted by atomic mass is 35.5. The summed E-state index contributed by atoms with van der Waals surface area (Å²) in [4.78, 5) is 10.1. The molecule has 0 aliphatic carbocycles. The topological polar surface area (TPSA) is 66.9 Å². The molecule has 4 nitrogen and oxygen atoms in total. The van der Waals surface area contributed by atoms with Gasteiger partial charge in [-0.1, -0.05) is 23.7 Å². The van der Waals surface area contributed by atoms with Crippen molar-refractivity contribution in [1.29, 1.82) is 5.26 Å². The maximum atomic E-state index is 10.6. The number of non-ortho nitro benzene ring substituents is 1. The quantitative estimate of drug-likeness (QED) is 0.365. The summed E-state index contributed by atoms with van der Waals surface area (Å²) in [5.41, 5.74) is 1.96. The second kappa shape index (κ2) is 6.00. The largest absolute Gasteiger partial charge is 0.269 e. The van der Waals surface area contributed by atoms with E-state index in [2.05, 4.69) is 6.07 Å². The van der Waals surface area contributed by atoms with Gasteiger partial charge in [-0.2, -0.15) is 5.26 Å². The molecular weight excluding hydrogens is 276 g/mol. The van der Waals surface area contributed by atoms with Crippen LogP contribution in [0.2, 0.25) is 5.02 Å². The molecule has 98 valence electrons. The molecule has 0 spiro atoms.